The molecular weight excluding hydrogens is 256 g/mol. The van der Waals surface area contributed by atoms with Crippen molar-refractivity contribution in [3.8, 4) is 0 Å². The second kappa shape index (κ2) is 4.74. The minimum atomic E-state index is 0.912. The zero-order valence-corrected chi connectivity index (χ0v) is 12.0. The number of hydrogen-bond donors (Lipinski definition) is 0. The number of pyridine rings is 1. The van der Waals surface area contributed by atoms with Crippen molar-refractivity contribution < 1.29 is 0 Å². The molecule has 2 heterocycles. The third-order valence-corrected chi connectivity index (χ3v) is 4.12. The molecule has 0 bridgehead atoms. The molecule has 2 aromatic heterocycles. The molecule has 0 fully saturated rings. The van der Waals surface area contributed by atoms with Gasteiger partial charge in [0.2, 0.25) is 0 Å². The lowest BCUT2D eigenvalue weighted by molar-refractivity contribution is 0.995. The van der Waals surface area contributed by atoms with Crippen LogP contribution in [0.1, 0.15) is 11.1 Å². The first-order chi connectivity index (χ1) is 10.3. The number of fused-ring (bicyclic) bond motifs is 3. The van der Waals surface area contributed by atoms with Crippen LogP contribution in [0.5, 0.6) is 0 Å². The molecule has 2 nitrogen and oxygen atoms in total. The summed E-state index contributed by atoms with van der Waals surface area (Å²) in [5.74, 6) is 0. The van der Waals surface area contributed by atoms with E-state index in [-0.39, 0.29) is 0 Å². The molecule has 0 aliphatic carbocycles. The van der Waals surface area contributed by atoms with Crippen LogP contribution in [-0.2, 0) is 13.5 Å². The molecule has 0 amide bonds. The Kier molecular flexibility index (Phi) is 2.74. The van der Waals surface area contributed by atoms with E-state index in [1.165, 1.54) is 32.9 Å². The number of benzene rings is 2. The first-order valence-corrected chi connectivity index (χ1v) is 7.18. The van der Waals surface area contributed by atoms with Crippen LogP contribution >= 0.6 is 0 Å². The van der Waals surface area contributed by atoms with Crippen LogP contribution in [0.4, 0.5) is 0 Å². The van der Waals surface area contributed by atoms with Gasteiger partial charge in [-0.3, -0.25) is 4.98 Å². The van der Waals surface area contributed by atoms with Gasteiger partial charge in [-0.1, -0.05) is 48.5 Å². The first kappa shape index (κ1) is 12.2. The van der Waals surface area contributed by atoms with Crippen molar-refractivity contribution in [1.29, 1.82) is 0 Å². The Morgan fingerprint density at radius 3 is 2.48 bits per heavy atom. The van der Waals surface area contributed by atoms with Crippen molar-refractivity contribution in [3.63, 3.8) is 0 Å². The predicted octanol–water partition coefficient (Wildman–Crippen LogP) is 4.32. The molecule has 0 radical (unpaired) electrons. The molecule has 102 valence electrons. The van der Waals surface area contributed by atoms with Gasteiger partial charge in [-0.2, -0.15) is 0 Å². The normalized spacial score (nSPS) is 11.3. The summed E-state index contributed by atoms with van der Waals surface area (Å²) in [5.41, 5.74) is 5.14. The molecule has 2 aromatic carbocycles. The van der Waals surface area contributed by atoms with E-state index in [0.29, 0.717) is 0 Å². The van der Waals surface area contributed by atoms with E-state index >= 15 is 0 Å². The number of nitrogens with zero attached hydrogens (tertiary/aromatic N) is 2. The van der Waals surface area contributed by atoms with Crippen LogP contribution in [0.15, 0.2) is 67.0 Å². The van der Waals surface area contributed by atoms with Crippen molar-refractivity contribution in [2.45, 2.75) is 6.42 Å². The fourth-order valence-corrected chi connectivity index (χ4v) is 3.15. The quantitative estimate of drug-likeness (QED) is 0.531. The van der Waals surface area contributed by atoms with E-state index in [4.69, 9.17) is 0 Å². The smallest absolute Gasteiger partial charge is 0.0555 e. The van der Waals surface area contributed by atoms with Gasteiger partial charge in [-0.25, -0.2) is 0 Å². The van der Waals surface area contributed by atoms with Gasteiger partial charge in [0.15, 0.2) is 0 Å². The monoisotopic (exact) mass is 272 g/mol. The average molecular weight is 272 g/mol. The summed E-state index contributed by atoms with van der Waals surface area (Å²) in [6.45, 7) is 0. The fraction of sp³-hybridized carbons (Fsp3) is 0.105. The second-order valence-electron chi connectivity index (χ2n) is 5.43. The average Bonchev–Trinajstić information content (AvgIpc) is 2.83. The lowest BCUT2D eigenvalue weighted by atomic mass is 10.0. The Morgan fingerprint density at radius 1 is 0.857 bits per heavy atom. The van der Waals surface area contributed by atoms with Gasteiger partial charge in [-0.15, -0.1) is 0 Å². The van der Waals surface area contributed by atoms with Gasteiger partial charge < -0.3 is 4.57 Å². The van der Waals surface area contributed by atoms with Crippen molar-refractivity contribution in [2.24, 2.45) is 7.05 Å². The van der Waals surface area contributed by atoms with Crippen molar-refractivity contribution in [1.82, 2.24) is 9.55 Å². The van der Waals surface area contributed by atoms with Gasteiger partial charge >= 0.3 is 0 Å². The summed E-state index contributed by atoms with van der Waals surface area (Å²) in [6, 6.07) is 19.1. The highest BCUT2D eigenvalue weighted by atomic mass is 14.9. The Morgan fingerprint density at radius 2 is 1.62 bits per heavy atom. The summed E-state index contributed by atoms with van der Waals surface area (Å²) in [7, 11) is 2.14. The lowest BCUT2D eigenvalue weighted by Crippen LogP contribution is -1.95. The number of rotatable bonds is 2. The standard InChI is InChI=1S/C19H16N2/c1-21-18-10-6-5-9-16(18)17-13-20-12-15(19(17)21)11-14-7-3-2-4-8-14/h2-10,12-13H,11H2,1H3. The maximum Gasteiger partial charge on any atom is 0.0555 e. The molecule has 2 heteroatoms. The summed E-state index contributed by atoms with van der Waals surface area (Å²) >= 11 is 0. The minimum Gasteiger partial charge on any atom is -0.343 e. The number of aryl methyl sites for hydroxylation is 1. The number of para-hydroxylation sites is 1. The molecule has 0 saturated heterocycles. The molecule has 0 aliphatic heterocycles. The lowest BCUT2D eigenvalue weighted by Gasteiger charge is -2.06. The van der Waals surface area contributed by atoms with Crippen LogP contribution in [0.3, 0.4) is 0 Å². The number of aromatic nitrogens is 2. The highest BCUT2D eigenvalue weighted by Gasteiger charge is 2.11. The molecule has 0 atom stereocenters. The topological polar surface area (TPSA) is 17.8 Å². The van der Waals surface area contributed by atoms with Crippen LogP contribution in [0.25, 0.3) is 21.8 Å². The van der Waals surface area contributed by atoms with Crippen molar-refractivity contribution in [2.75, 3.05) is 0 Å². The van der Waals surface area contributed by atoms with E-state index in [9.17, 15) is 0 Å². The SMILES string of the molecule is Cn1c2ccccc2c2cncc(Cc3ccccc3)c21. The first-order valence-electron chi connectivity index (χ1n) is 7.18. The van der Waals surface area contributed by atoms with Crippen molar-refractivity contribution >= 4 is 21.8 Å². The van der Waals surface area contributed by atoms with Crippen LogP contribution in [0.2, 0.25) is 0 Å². The Balaban J connectivity index is 1.98. The summed E-state index contributed by atoms with van der Waals surface area (Å²) in [4.78, 5) is 4.46. The van der Waals surface area contributed by atoms with Crippen LogP contribution < -0.4 is 0 Å². The maximum absolute atomic E-state index is 4.46. The summed E-state index contributed by atoms with van der Waals surface area (Å²) < 4.78 is 2.28. The Labute approximate surface area is 123 Å². The highest BCUT2D eigenvalue weighted by molar-refractivity contribution is 6.08. The summed E-state index contributed by atoms with van der Waals surface area (Å²) in [5, 5.41) is 2.51. The van der Waals surface area contributed by atoms with Crippen LogP contribution in [-0.4, -0.2) is 9.55 Å². The molecule has 0 unspecified atom stereocenters. The second-order valence-corrected chi connectivity index (χ2v) is 5.43. The van der Waals surface area contributed by atoms with E-state index in [1.54, 1.807) is 0 Å². The van der Waals surface area contributed by atoms with Crippen molar-refractivity contribution in [3.05, 3.63) is 78.1 Å². The molecule has 21 heavy (non-hydrogen) atoms. The van der Waals surface area contributed by atoms with E-state index in [0.717, 1.165) is 6.42 Å². The molecule has 0 spiro atoms. The molecule has 0 aliphatic rings. The predicted molar refractivity (Wildman–Crippen MR) is 87.5 cm³/mol. The maximum atomic E-state index is 4.46. The van der Waals surface area contributed by atoms with Crippen LogP contribution in [0, 0.1) is 0 Å². The largest absolute Gasteiger partial charge is 0.343 e. The van der Waals surface area contributed by atoms with Gasteiger partial charge in [0, 0.05) is 42.2 Å². The molecule has 4 rings (SSSR count). The van der Waals surface area contributed by atoms with Gasteiger partial charge in [0.1, 0.15) is 0 Å². The third-order valence-electron chi connectivity index (χ3n) is 4.12. The Bertz CT molecular complexity index is 920. The molecule has 4 aromatic rings. The van der Waals surface area contributed by atoms with E-state index < -0.39 is 0 Å². The zero-order chi connectivity index (χ0) is 14.2. The summed E-state index contributed by atoms with van der Waals surface area (Å²) in [6.07, 6.45) is 4.88. The van der Waals surface area contributed by atoms with Gasteiger partial charge in [0.05, 0.1) is 5.52 Å². The fourth-order valence-electron chi connectivity index (χ4n) is 3.15. The van der Waals surface area contributed by atoms with Gasteiger partial charge in [-0.05, 0) is 17.2 Å². The molecule has 0 N–H and O–H groups in total. The van der Waals surface area contributed by atoms with E-state index in [2.05, 4.69) is 71.2 Å². The minimum absolute atomic E-state index is 0.912. The third kappa shape index (κ3) is 1.91. The highest BCUT2D eigenvalue weighted by Crippen LogP contribution is 2.30. The molecule has 0 saturated carbocycles. The number of hydrogen-bond acceptors (Lipinski definition) is 1. The molecular formula is C19H16N2. The van der Waals surface area contributed by atoms with Gasteiger partial charge in [0.25, 0.3) is 0 Å². The Hall–Kier alpha value is -2.61. The van der Waals surface area contributed by atoms with E-state index in [1.807, 2.05) is 12.4 Å². The zero-order valence-electron chi connectivity index (χ0n) is 12.0.